The van der Waals surface area contributed by atoms with Crippen LogP contribution < -0.4 is 10.5 Å². The quantitative estimate of drug-likeness (QED) is 0.506. The Bertz CT molecular complexity index is 1130. The van der Waals surface area contributed by atoms with Gasteiger partial charge >= 0.3 is 0 Å². The molecule has 0 radical (unpaired) electrons. The van der Waals surface area contributed by atoms with Crippen LogP contribution in [0, 0.1) is 5.95 Å². The van der Waals surface area contributed by atoms with Gasteiger partial charge in [0.05, 0.1) is 17.0 Å². The molecule has 0 aliphatic carbocycles. The van der Waals surface area contributed by atoms with Crippen molar-refractivity contribution in [3.63, 3.8) is 0 Å². The number of halogens is 3. The van der Waals surface area contributed by atoms with E-state index in [1.165, 1.54) is 6.20 Å². The lowest BCUT2D eigenvalue weighted by Crippen LogP contribution is -2.07. The summed E-state index contributed by atoms with van der Waals surface area (Å²) in [6.45, 7) is -0.867. The van der Waals surface area contributed by atoms with Gasteiger partial charge < -0.3 is 15.5 Å². The second-order valence-electron chi connectivity index (χ2n) is 5.93. The Morgan fingerprint density at radius 2 is 1.96 bits per heavy atom. The predicted molar refractivity (Wildman–Crippen MR) is 98.4 cm³/mol. The minimum Gasteiger partial charge on any atom is -0.485 e. The highest BCUT2D eigenvalue weighted by atomic mass is 19.3. The average molecular weight is 385 g/mol. The lowest BCUT2D eigenvalue weighted by molar-refractivity contribution is 0.0823. The fourth-order valence-electron chi connectivity index (χ4n) is 2.95. The van der Waals surface area contributed by atoms with Crippen LogP contribution in [0.25, 0.3) is 33.5 Å². The Balaban J connectivity index is 2.01. The second-order valence-corrected chi connectivity index (χ2v) is 5.93. The molecule has 0 aliphatic rings. The monoisotopic (exact) mass is 385 g/mol. The highest BCUT2D eigenvalue weighted by molar-refractivity contribution is 6.02. The molecule has 0 saturated carbocycles. The first-order valence-electron chi connectivity index (χ1n) is 8.29. The number of nitrogens with zero attached hydrogens (tertiary/aromatic N) is 3. The third-order valence-corrected chi connectivity index (χ3v) is 4.04. The zero-order chi connectivity index (χ0) is 19.7. The summed E-state index contributed by atoms with van der Waals surface area (Å²) >= 11 is 0. The van der Waals surface area contributed by atoms with Gasteiger partial charge in [-0.05, 0) is 24.3 Å². The number of pyridine rings is 3. The van der Waals surface area contributed by atoms with Crippen LogP contribution in [0.4, 0.5) is 19.0 Å². The van der Waals surface area contributed by atoms with E-state index in [1.54, 1.807) is 36.5 Å². The molecule has 142 valence electrons. The summed E-state index contributed by atoms with van der Waals surface area (Å²) in [6, 6.07) is 9.57. The summed E-state index contributed by atoms with van der Waals surface area (Å²) in [4.78, 5) is 15.3. The van der Waals surface area contributed by atoms with Crippen LogP contribution in [0.5, 0.6) is 5.75 Å². The fraction of sp³-hybridized carbons (Fsp3) is 0.105. The van der Waals surface area contributed by atoms with Crippen molar-refractivity contribution in [3.8, 4) is 28.3 Å². The summed E-state index contributed by atoms with van der Waals surface area (Å²) in [5.41, 5.74) is 8.52. The number of aromatic amines is 1. The molecular formula is C19H14F3N5O. The van der Waals surface area contributed by atoms with Gasteiger partial charge in [-0.2, -0.15) is 4.39 Å². The van der Waals surface area contributed by atoms with Gasteiger partial charge in [-0.3, -0.25) is 4.98 Å². The third-order valence-electron chi connectivity index (χ3n) is 4.04. The first-order chi connectivity index (χ1) is 13.5. The summed E-state index contributed by atoms with van der Waals surface area (Å²) < 4.78 is 44.5. The summed E-state index contributed by atoms with van der Waals surface area (Å²) in [6.07, 6.45) is 0.420. The second kappa shape index (κ2) is 7.18. The van der Waals surface area contributed by atoms with Crippen LogP contribution in [-0.4, -0.2) is 33.0 Å². The number of ether oxygens (including phenoxy) is 1. The van der Waals surface area contributed by atoms with E-state index in [4.69, 9.17) is 10.5 Å². The zero-order valence-corrected chi connectivity index (χ0v) is 14.4. The predicted octanol–water partition coefficient (Wildman–Crippen LogP) is 4.05. The van der Waals surface area contributed by atoms with Gasteiger partial charge in [0, 0.05) is 24.0 Å². The molecule has 0 atom stereocenters. The fourth-order valence-corrected chi connectivity index (χ4v) is 2.95. The Hall–Kier alpha value is -3.62. The molecular weight excluding hydrogens is 371 g/mol. The molecule has 0 saturated heterocycles. The highest BCUT2D eigenvalue weighted by Crippen LogP contribution is 2.40. The van der Waals surface area contributed by atoms with E-state index in [0.29, 0.717) is 22.5 Å². The molecule has 6 nitrogen and oxygen atoms in total. The topological polar surface area (TPSA) is 89.7 Å². The average Bonchev–Trinajstić information content (AvgIpc) is 3.06. The molecule has 0 amide bonds. The number of rotatable bonds is 5. The van der Waals surface area contributed by atoms with Crippen LogP contribution in [0.15, 0.2) is 48.8 Å². The van der Waals surface area contributed by atoms with Gasteiger partial charge in [-0.15, -0.1) is 0 Å². The summed E-state index contributed by atoms with van der Waals surface area (Å²) in [7, 11) is 0. The maximum atomic E-state index is 14.2. The van der Waals surface area contributed by atoms with Crippen LogP contribution in [-0.2, 0) is 0 Å². The van der Waals surface area contributed by atoms with Gasteiger partial charge in [0.2, 0.25) is 5.95 Å². The van der Waals surface area contributed by atoms with Crippen molar-refractivity contribution < 1.29 is 17.9 Å². The van der Waals surface area contributed by atoms with E-state index in [9.17, 15) is 13.2 Å². The lowest BCUT2D eigenvalue weighted by atomic mass is 10.0. The number of alkyl halides is 2. The Morgan fingerprint density at radius 3 is 2.68 bits per heavy atom. The van der Waals surface area contributed by atoms with Crippen molar-refractivity contribution in [2.75, 3.05) is 12.3 Å². The Labute approximate surface area is 157 Å². The van der Waals surface area contributed by atoms with Crippen molar-refractivity contribution in [2.24, 2.45) is 0 Å². The minimum atomic E-state index is -2.70. The van der Waals surface area contributed by atoms with Crippen LogP contribution in [0.3, 0.4) is 0 Å². The number of nitrogens with one attached hydrogen (secondary N) is 1. The van der Waals surface area contributed by atoms with Crippen molar-refractivity contribution in [1.82, 2.24) is 19.9 Å². The molecule has 28 heavy (non-hydrogen) atoms. The van der Waals surface area contributed by atoms with Crippen LogP contribution in [0.1, 0.15) is 0 Å². The van der Waals surface area contributed by atoms with E-state index in [0.717, 1.165) is 6.07 Å². The van der Waals surface area contributed by atoms with E-state index in [2.05, 4.69) is 19.9 Å². The molecule has 0 fully saturated rings. The molecule has 0 unspecified atom stereocenters. The molecule has 4 heterocycles. The minimum absolute atomic E-state index is 0.0618. The number of aromatic nitrogens is 4. The normalized spacial score (nSPS) is 11.3. The van der Waals surface area contributed by atoms with Gasteiger partial charge in [0.25, 0.3) is 6.43 Å². The largest absolute Gasteiger partial charge is 0.485 e. The zero-order valence-electron chi connectivity index (χ0n) is 14.4. The first kappa shape index (κ1) is 17.8. The number of hydrogen-bond donors (Lipinski definition) is 2. The standard InChI is InChI=1S/C19H14F3N5O/c20-13(21)9-28-12-8-14(22)26-19-16(11-3-1-2-5-24-11)17(27-18(12)19)10-4-6-25-15(23)7-10/h1-8,13,27H,9H2,(H2,23,25). The van der Waals surface area contributed by atoms with Crippen molar-refractivity contribution in [1.29, 1.82) is 0 Å². The number of H-pyrrole nitrogens is 1. The van der Waals surface area contributed by atoms with Crippen LogP contribution >= 0.6 is 0 Å². The third kappa shape index (κ3) is 3.34. The van der Waals surface area contributed by atoms with Crippen molar-refractivity contribution >= 4 is 16.9 Å². The molecule has 4 aromatic rings. The number of nitrogen functional groups attached to an aromatic ring is 1. The summed E-state index contributed by atoms with van der Waals surface area (Å²) in [5, 5.41) is 0. The molecule has 0 bridgehead atoms. The Morgan fingerprint density at radius 1 is 1.11 bits per heavy atom. The van der Waals surface area contributed by atoms with Gasteiger partial charge in [0.15, 0.2) is 0 Å². The molecule has 4 rings (SSSR count). The molecule has 0 aliphatic heterocycles. The number of hydrogen-bond acceptors (Lipinski definition) is 5. The Kier molecular flexibility index (Phi) is 4.56. The van der Waals surface area contributed by atoms with Gasteiger partial charge in [-0.25, -0.2) is 18.7 Å². The first-order valence-corrected chi connectivity index (χ1v) is 8.29. The number of fused-ring (bicyclic) bond motifs is 1. The lowest BCUT2D eigenvalue weighted by Gasteiger charge is -2.06. The van der Waals surface area contributed by atoms with Crippen molar-refractivity contribution in [2.45, 2.75) is 6.43 Å². The van der Waals surface area contributed by atoms with E-state index in [1.807, 2.05) is 0 Å². The van der Waals surface area contributed by atoms with E-state index in [-0.39, 0.29) is 22.6 Å². The summed E-state index contributed by atoms with van der Waals surface area (Å²) in [5.74, 6) is -0.626. The maximum Gasteiger partial charge on any atom is 0.272 e. The smallest absolute Gasteiger partial charge is 0.272 e. The van der Waals surface area contributed by atoms with Gasteiger partial charge in [0.1, 0.15) is 29.2 Å². The van der Waals surface area contributed by atoms with Crippen molar-refractivity contribution in [3.05, 3.63) is 54.7 Å². The maximum absolute atomic E-state index is 14.2. The number of nitrogens with two attached hydrogens (primary N) is 1. The molecule has 0 spiro atoms. The SMILES string of the molecule is Nc1cc(-c2[nH]c3c(OCC(F)F)cc(F)nc3c2-c2ccccn2)ccn1. The van der Waals surface area contributed by atoms with E-state index >= 15 is 0 Å². The number of anilines is 1. The molecule has 4 aromatic heterocycles. The molecule has 3 N–H and O–H groups in total. The molecule has 0 aromatic carbocycles. The van der Waals surface area contributed by atoms with Gasteiger partial charge in [-0.1, -0.05) is 6.07 Å². The molecule has 9 heteroatoms. The van der Waals surface area contributed by atoms with E-state index < -0.39 is 19.0 Å². The highest BCUT2D eigenvalue weighted by Gasteiger charge is 2.22. The van der Waals surface area contributed by atoms with Crippen LogP contribution in [0.2, 0.25) is 0 Å².